The van der Waals surface area contributed by atoms with Gasteiger partial charge in [0.15, 0.2) is 0 Å². The first kappa shape index (κ1) is 13.3. The Hall–Kier alpha value is -0.690. The molecule has 0 saturated carbocycles. The molecule has 0 radical (unpaired) electrons. The lowest BCUT2D eigenvalue weighted by Crippen LogP contribution is -2.04. The van der Waals surface area contributed by atoms with E-state index in [9.17, 15) is 12.8 Å². The van der Waals surface area contributed by atoms with E-state index >= 15 is 0 Å². The first-order chi connectivity index (χ1) is 5.95. The van der Waals surface area contributed by atoms with Gasteiger partial charge in [-0.2, -0.15) is 8.42 Å². The molecule has 0 unspecified atom stereocenters. The first-order valence-corrected chi connectivity index (χ1v) is 4.85. The predicted molar refractivity (Wildman–Crippen MR) is 51.4 cm³/mol. The van der Waals surface area contributed by atoms with Crippen LogP contribution in [0.1, 0.15) is 5.56 Å². The number of hydrogen-bond donors (Lipinski definition) is 2. The number of halogens is 2. The van der Waals surface area contributed by atoms with Crippen LogP contribution in [0.2, 0.25) is 0 Å². The van der Waals surface area contributed by atoms with Gasteiger partial charge >= 0.3 is 0 Å². The summed E-state index contributed by atoms with van der Waals surface area (Å²) < 4.78 is 42.6. The molecule has 1 rings (SSSR count). The fourth-order valence-corrected chi connectivity index (χ4v) is 1.40. The molecule has 0 saturated heterocycles. The summed E-state index contributed by atoms with van der Waals surface area (Å²) >= 11 is 0. The molecule has 0 spiro atoms. The molecule has 0 heterocycles. The fourth-order valence-electron chi connectivity index (χ4n) is 0.868. The highest BCUT2D eigenvalue weighted by Gasteiger charge is 2.11. The third-order valence-corrected chi connectivity index (χ3v) is 2.38. The monoisotopic (exact) mass is 241 g/mol. The SMILES string of the molecule is Cl.NCc1cc(S(=O)(=O)O)ccc1F. The highest BCUT2D eigenvalue weighted by atomic mass is 35.5. The summed E-state index contributed by atoms with van der Waals surface area (Å²) in [5.41, 5.74) is 5.20. The molecule has 0 aliphatic rings. The van der Waals surface area contributed by atoms with E-state index in [-0.39, 0.29) is 29.4 Å². The molecule has 1 aromatic rings. The number of rotatable bonds is 2. The van der Waals surface area contributed by atoms with Crippen molar-refractivity contribution in [2.45, 2.75) is 11.4 Å². The minimum atomic E-state index is -4.27. The molecule has 0 aliphatic carbocycles. The molecule has 14 heavy (non-hydrogen) atoms. The highest BCUT2D eigenvalue weighted by molar-refractivity contribution is 7.85. The molecule has 0 atom stereocenters. The molecule has 0 amide bonds. The zero-order chi connectivity index (χ0) is 10.1. The van der Waals surface area contributed by atoms with Crippen molar-refractivity contribution in [1.82, 2.24) is 0 Å². The Balaban J connectivity index is 0.00000169. The highest BCUT2D eigenvalue weighted by Crippen LogP contribution is 2.13. The molecular formula is C7H9ClFNO3S. The number of benzene rings is 1. The zero-order valence-electron chi connectivity index (χ0n) is 6.97. The van der Waals surface area contributed by atoms with Crippen molar-refractivity contribution in [3.8, 4) is 0 Å². The average Bonchev–Trinajstić information content (AvgIpc) is 2.03. The molecule has 1 aromatic carbocycles. The van der Waals surface area contributed by atoms with Crippen LogP contribution in [0.25, 0.3) is 0 Å². The van der Waals surface area contributed by atoms with Crippen LogP contribution in [0.15, 0.2) is 23.1 Å². The van der Waals surface area contributed by atoms with E-state index in [1.807, 2.05) is 0 Å². The molecule has 3 N–H and O–H groups in total. The van der Waals surface area contributed by atoms with Gasteiger partial charge in [0, 0.05) is 12.1 Å². The van der Waals surface area contributed by atoms with E-state index in [0.29, 0.717) is 0 Å². The maximum atomic E-state index is 12.8. The summed E-state index contributed by atoms with van der Waals surface area (Å²) in [6.07, 6.45) is 0. The maximum Gasteiger partial charge on any atom is 0.294 e. The van der Waals surface area contributed by atoms with E-state index in [4.69, 9.17) is 10.3 Å². The maximum absolute atomic E-state index is 12.8. The van der Waals surface area contributed by atoms with Crippen molar-refractivity contribution < 1.29 is 17.4 Å². The molecule has 0 fully saturated rings. The van der Waals surface area contributed by atoms with Crippen LogP contribution >= 0.6 is 12.4 Å². The van der Waals surface area contributed by atoms with Gasteiger partial charge in [-0.1, -0.05) is 0 Å². The van der Waals surface area contributed by atoms with E-state index < -0.39 is 15.9 Å². The van der Waals surface area contributed by atoms with Gasteiger partial charge in [-0.15, -0.1) is 12.4 Å². The predicted octanol–water partition coefficient (Wildman–Crippen LogP) is 0.953. The van der Waals surface area contributed by atoms with Crippen molar-refractivity contribution in [2.24, 2.45) is 5.73 Å². The van der Waals surface area contributed by atoms with Crippen LogP contribution in [-0.4, -0.2) is 13.0 Å². The summed E-state index contributed by atoms with van der Waals surface area (Å²) in [6, 6.07) is 2.93. The van der Waals surface area contributed by atoms with Gasteiger partial charge in [-0.05, 0) is 18.2 Å². The van der Waals surface area contributed by atoms with Gasteiger partial charge < -0.3 is 5.73 Å². The topological polar surface area (TPSA) is 80.4 Å². The second kappa shape index (κ2) is 4.70. The Morgan fingerprint density at radius 3 is 2.43 bits per heavy atom. The normalized spacial score (nSPS) is 10.8. The first-order valence-electron chi connectivity index (χ1n) is 3.41. The van der Waals surface area contributed by atoms with E-state index in [0.717, 1.165) is 18.2 Å². The van der Waals surface area contributed by atoms with Crippen molar-refractivity contribution in [2.75, 3.05) is 0 Å². The van der Waals surface area contributed by atoms with Gasteiger partial charge in [-0.25, -0.2) is 4.39 Å². The second-order valence-corrected chi connectivity index (χ2v) is 3.85. The Bertz CT molecular complexity index is 421. The minimum absolute atomic E-state index is 0. The van der Waals surface area contributed by atoms with Crippen LogP contribution in [0.5, 0.6) is 0 Å². The summed E-state index contributed by atoms with van der Waals surface area (Å²) in [5.74, 6) is -0.588. The fraction of sp³-hybridized carbons (Fsp3) is 0.143. The third-order valence-electron chi connectivity index (χ3n) is 1.53. The summed E-state index contributed by atoms with van der Waals surface area (Å²) in [7, 11) is -4.27. The van der Waals surface area contributed by atoms with Gasteiger partial charge in [0.1, 0.15) is 5.82 Å². The Kier molecular flexibility index (Phi) is 4.47. The van der Waals surface area contributed by atoms with Crippen molar-refractivity contribution in [3.05, 3.63) is 29.6 Å². The largest absolute Gasteiger partial charge is 0.326 e. The quantitative estimate of drug-likeness (QED) is 0.756. The lowest BCUT2D eigenvalue weighted by Gasteiger charge is -2.01. The minimum Gasteiger partial charge on any atom is -0.326 e. The zero-order valence-corrected chi connectivity index (χ0v) is 8.61. The molecule has 0 aromatic heterocycles. The Morgan fingerprint density at radius 1 is 1.43 bits per heavy atom. The van der Waals surface area contributed by atoms with Gasteiger partial charge in [0.25, 0.3) is 10.1 Å². The van der Waals surface area contributed by atoms with Crippen LogP contribution in [0, 0.1) is 5.82 Å². The van der Waals surface area contributed by atoms with E-state index in [2.05, 4.69) is 0 Å². The molecule has 0 bridgehead atoms. The van der Waals surface area contributed by atoms with Crippen LogP contribution in [0.3, 0.4) is 0 Å². The summed E-state index contributed by atoms with van der Waals surface area (Å²) in [6.45, 7) is -0.116. The molecule has 80 valence electrons. The average molecular weight is 242 g/mol. The standard InChI is InChI=1S/C7H8FNO3S.ClH/c8-7-2-1-6(13(10,11)12)3-5(7)4-9;/h1-3H,4,9H2,(H,10,11,12);1H. The number of hydrogen-bond acceptors (Lipinski definition) is 3. The Morgan fingerprint density at radius 2 is 2.00 bits per heavy atom. The molecule has 0 aliphatic heterocycles. The third kappa shape index (κ3) is 2.91. The van der Waals surface area contributed by atoms with Crippen LogP contribution < -0.4 is 5.73 Å². The number of nitrogens with two attached hydrogens (primary N) is 1. The molecule has 7 heteroatoms. The molecule has 4 nitrogen and oxygen atoms in total. The van der Waals surface area contributed by atoms with E-state index in [1.165, 1.54) is 0 Å². The lowest BCUT2D eigenvalue weighted by molar-refractivity contribution is 0.482. The summed E-state index contributed by atoms with van der Waals surface area (Å²) in [4.78, 5) is -0.352. The lowest BCUT2D eigenvalue weighted by atomic mass is 10.2. The van der Waals surface area contributed by atoms with Crippen molar-refractivity contribution in [3.63, 3.8) is 0 Å². The smallest absolute Gasteiger partial charge is 0.294 e. The van der Waals surface area contributed by atoms with Crippen molar-refractivity contribution >= 4 is 22.5 Å². The second-order valence-electron chi connectivity index (χ2n) is 2.43. The van der Waals surface area contributed by atoms with Crippen molar-refractivity contribution in [1.29, 1.82) is 0 Å². The van der Waals surface area contributed by atoms with E-state index in [1.54, 1.807) is 0 Å². The summed E-state index contributed by atoms with van der Waals surface area (Å²) in [5, 5.41) is 0. The van der Waals surface area contributed by atoms with Crippen LogP contribution in [-0.2, 0) is 16.7 Å². The molecular weight excluding hydrogens is 233 g/mol. The van der Waals surface area contributed by atoms with Gasteiger partial charge in [0.05, 0.1) is 4.90 Å². The van der Waals surface area contributed by atoms with Gasteiger partial charge in [0.2, 0.25) is 0 Å². The van der Waals surface area contributed by atoms with Crippen LogP contribution in [0.4, 0.5) is 4.39 Å². The Labute approximate surface area is 87.1 Å². The van der Waals surface area contributed by atoms with Gasteiger partial charge in [-0.3, -0.25) is 4.55 Å².